The number of halogens is 2. The SMILES string of the molecule is O=c1cc(CCl)[nH]c2c(-c3c[nH]c4ccccc34)c(-c3ccc(Cl)cc3)nn12. The van der Waals surface area contributed by atoms with E-state index in [1.54, 1.807) is 0 Å². The molecule has 3 heterocycles. The van der Waals surface area contributed by atoms with Crippen molar-refractivity contribution in [3.63, 3.8) is 0 Å². The van der Waals surface area contributed by atoms with Gasteiger partial charge in [0.05, 0.1) is 11.4 Å². The number of alkyl halides is 1. The van der Waals surface area contributed by atoms with E-state index in [2.05, 4.69) is 15.1 Å². The zero-order valence-electron chi connectivity index (χ0n) is 14.5. The summed E-state index contributed by atoms with van der Waals surface area (Å²) in [5.41, 5.74) is 5.39. The van der Waals surface area contributed by atoms with Crippen molar-refractivity contribution in [3.8, 4) is 22.4 Å². The molecule has 0 aliphatic carbocycles. The largest absolute Gasteiger partial charge is 0.361 e. The lowest BCUT2D eigenvalue weighted by molar-refractivity contribution is 0.891. The van der Waals surface area contributed by atoms with Crippen LogP contribution >= 0.6 is 23.2 Å². The number of nitrogens with zero attached hydrogens (tertiary/aromatic N) is 2. The maximum absolute atomic E-state index is 12.6. The molecule has 0 aliphatic rings. The molecule has 0 aliphatic heterocycles. The normalized spacial score (nSPS) is 11.5. The summed E-state index contributed by atoms with van der Waals surface area (Å²) >= 11 is 12.1. The maximum atomic E-state index is 12.6. The number of aromatic amines is 2. The second-order valence-corrected chi connectivity index (χ2v) is 7.21. The number of benzene rings is 2. The molecule has 138 valence electrons. The number of H-pyrrole nitrogens is 2. The summed E-state index contributed by atoms with van der Waals surface area (Å²) < 4.78 is 1.39. The van der Waals surface area contributed by atoms with E-state index in [-0.39, 0.29) is 11.4 Å². The van der Waals surface area contributed by atoms with Gasteiger partial charge in [-0.15, -0.1) is 11.6 Å². The van der Waals surface area contributed by atoms with E-state index >= 15 is 0 Å². The fourth-order valence-corrected chi connectivity index (χ4v) is 3.78. The first-order valence-electron chi connectivity index (χ1n) is 8.69. The summed E-state index contributed by atoms with van der Waals surface area (Å²) in [7, 11) is 0. The highest BCUT2D eigenvalue weighted by atomic mass is 35.5. The molecule has 0 radical (unpaired) electrons. The smallest absolute Gasteiger partial charge is 0.274 e. The topological polar surface area (TPSA) is 66.0 Å². The van der Waals surface area contributed by atoms with Crippen LogP contribution in [0.4, 0.5) is 0 Å². The molecule has 0 saturated heterocycles. The second kappa shape index (κ2) is 6.55. The van der Waals surface area contributed by atoms with Gasteiger partial charge in [-0.05, 0) is 18.2 Å². The highest BCUT2D eigenvalue weighted by molar-refractivity contribution is 6.30. The minimum atomic E-state index is -0.231. The van der Waals surface area contributed by atoms with Crippen molar-refractivity contribution >= 4 is 39.8 Å². The first-order valence-corrected chi connectivity index (χ1v) is 9.60. The van der Waals surface area contributed by atoms with Crippen LogP contribution in [0.1, 0.15) is 5.69 Å². The Labute approximate surface area is 169 Å². The predicted molar refractivity (Wildman–Crippen MR) is 113 cm³/mol. The van der Waals surface area contributed by atoms with Crippen molar-refractivity contribution in [2.75, 3.05) is 0 Å². The molecule has 5 aromatic rings. The lowest BCUT2D eigenvalue weighted by atomic mass is 10.0. The van der Waals surface area contributed by atoms with Gasteiger partial charge in [0.25, 0.3) is 5.56 Å². The molecule has 0 spiro atoms. The molecule has 7 heteroatoms. The number of fused-ring (bicyclic) bond motifs is 2. The molecule has 5 nitrogen and oxygen atoms in total. The van der Waals surface area contributed by atoms with Crippen molar-refractivity contribution in [2.24, 2.45) is 0 Å². The monoisotopic (exact) mass is 408 g/mol. The number of nitrogens with one attached hydrogen (secondary N) is 2. The number of rotatable bonds is 3. The Morgan fingerprint density at radius 1 is 1.07 bits per heavy atom. The van der Waals surface area contributed by atoms with Gasteiger partial charge in [-0.3, -0.25) is 4.79 Å². The van der Waals surface area contributed by atoms with Crippen LogP contribution < -0.4 is 5.56 Å². The zero-order valence-corrected chi connectivity index (χ0v) is 16.1. The van der Waals surface area contributed by atoms with Gasteiger partial charge in [0.15, 0.2) is 0 Å². The van der Waals surface area contributed by atoms with Crippen LogP contribution in [0.5, 0.6) is 0 Å². The third kappa shape index (κ3) is 2.63. The van der Waals surface area contributed by atoms with Crippen molar-refractivity contribution in [1.29, 1.82) is 0 Å². The predicted octanol–water partition coefficient (Wildman–Crippen LogP) is 5.23. The number of hydrogen-bond acceptors (Lipinski definition) is 2. The summed E-state index contributed by atoms with van der Waals surface area (Å²) in [4.78, 5) is 19.2. The van der Waals surface area contributed by atoms with Crippen LogP contribution in [-0.2, 0) is 5.88 Å². The third-order valence-corrected chi connectivity index (χ3v) is 5.33. The molecule has 0 unspecified atom stereocenters. The molecule has 28 heavy (non-hydrogen) atoms. The fourth-order valence-electron chi connectivity index (χ4n) is 3.51. The molecule has 3 aromatic heterocycles. The molecule has 0 amide bonds. The number of aromatic nitrogens is 4. The first-order chi connectivity index (χ1) is 13.7. The molecular weight excluding hydrogens is 395 g/mol. The van der Waals surface area contributed by atoms with Gasteiger partial charge in [0, 0.05) is 45.0 Å². The molecular formula is C21H14Cl2N4O. The Hall–Kier alpha value is -3.02. The minimum absolute atomic E-state index is 0.209. The lowest BCUT2D eigenvalue weighted by Gasteiger charge is -2.04. The van der Waals surface area contributed by atoms with Crippen LogP contribution in [0.3, 0.4) is 0 Å². The van der Waals surface area contributed by atoms with Crippen molar-refractivity contribution in [3.05, 3.63) is 81.9 Å². The lowest BCUT2D eigenvalue weighted by Crippen LogP contribution is -2.15. The van der Waals surface area contributed by atoms with E-state index in [4.69, 9.17) is 23.2 Å². The Morgan fingerprint density at radius 3 is 2.64 bits per heavy atom. The van der Waals surface area contributed by atoms with Crippen LogP contribution in [0.2, 0.25) is 5.02 Å². The van der Waals surface area contributed by atoms with Gasteiger partial charge >= 0.3 is 0 Å². The maximum Gasteiger partial charge on any atom is 0.274 e. The highest BCUT2D eigenvalue weighted by Gasteiger charge is 2.21. The van der Waals surface area contributed by atoms with Crippen LogP contribution in [0.15, 0.2) is 65.6 Å². The van der Waals surface area contributed by atoms with Gasteiger partial charge in [-0.25, -0.2) is 0 Å². The Kier molecular flexibility index (Phi) is 4.00. The van der Waals surface area contributed by atoms with Gasteiger partial charge in [0.2, 0.25) is 0 Å². The minimum Gasteiger partial charge on any atom is -0.361 e. The summed E-state index contributed by atoms with van der Waals surface area (Å²) in [6.07, 6.45) is 1.94. The fraction of sp³-hybridized carbons (Fsp3) is 0.0476. The summed E-state index contributed by atoms with van der Waals surface area (Å²) in [5, 5.41) is 6.31. The number of para-hydroxylation sites is 1. The van der Waals surface area contributed by atoms with E-state index in [1.165, 1.54) is 10.6 Å². The van der Waals surface area contributed by atoms with Gasteiger partial charge in [0.1, 0.15) is 11.3 Å². The van der Waals surface area contributed by atoms with Crippen LogP contribution in [0, 0.1) is 0 Å². The van der Waals surface area contributed by atoms with E-state index in [0.29, 0.717) is 22.1 Å². The molecule has 2 aromatic carbocycles. The van der Waals surface area contributed by atoms with Crippen LogP contribution in [-0.4, -0.2) is 19.6 Å². The summed E-state index contributed by atoms with van der Waals surface area (Å²) in [6.45, 7) is 0. The first kappa shape index (κ1) is 17.1. The van der Waals surface area contributed by atoms with E-state index in [1.807, 2.05) is 54.7 Å². The molecule has 0 saturated carbocycles. The Morgan fingerprint density at radius 2 is 1.86 bits per heavy atom. The average Bonchev–Trinajstić information content (AvgIpc) is 3.30. The second-order valence-electron chi connectivity index (χ2n) is 6.51. The molecule has 0 fully saturated rings. The van der Waals surface area contributed by atoms with Gasteiger partial charge in [-0.2, -0.15) is 9.61 Å². The van der Waals surface area contributed by atoms with E-state index in [9.17, 15) is 4.79 Å². The quantitative estimate of drug-likeness (QED) is 0.401. The Bertz CT molecular complexity index is 1380. The van der Waals surface area contributed by atoms with Crippen molar-refractivity contribution in [1.82, 2.24) is 19.6 Å². The molecule has 0 bridgehead atoms. The van der Waals surface area contributed by atoms with E-state index in [0.717, 1.165) is 27.6 Å². The number of hydrogen-bond donors (Lipinski definition) is 2. The Balaban J connectivity index is 1.92. The molecule has 2 N–H and O–H groups in total. The average molecular weight is 409 g/mol. The van der Waals surface area contributed by atoms with Crippen molar-refractivity contribution in [2.45, 2.75) is 5.88 Å². The standard InChI is InChI=1S/C21H14Cl2N4O/c22-10-14-9-18(28)27-21(25-14)19(16-11-24-17-4-2-1-3-15(16)17)20(26-27)12-5-7-13(23)8-6-12/h1-9,11,24-25H,10H2. The van der Waals surface area contributed by atoms with Gasteiger partial charge < -0.3 is 9.97 Å². The van der Waals surface area contributed by atoms with E-state index < -0.39 is 0 Å². The molecule has 5 rings (SSSR count). The summed E-state index contributed by atoms with van der Waals surface area (Å²) in [5.74, 6) is 0.209. The summed E-state index contributed by atoms with van der Waals surface area (Å²) in [6, 6.07) is 16.9. The van der Waals surface area contributed by atoms with Crippen LogP contribution in [0.25, 0.3) is 38.9 Å². The third-order valence-electron chi connectivity index (χ3n) is 4.79. The van der Waals surface area contributed by atoms with Gasteiger partial charge in [-0.1, -0.05) is 41.9 Å². The molecule has 0 atom stereocenters. The zero-order chi connectivity index (χ0) is 19.3. The van der Waals surface area contributed by atoms with Crippen molar-refractivity contribution < 1.29 is 0 Å². The highest BCUT2D eigenvalue weighted by Crippen LogP contribution is 2.38.